The van der Waals surface area contributed by atoms with Crippen LogP contribution in [0.15, 0.2) is 0 Å². The predicted molar refractivity (Wildman–Crippen MR) is 65.8 cm³/mol. The Kier molecular flexibility index (Phi) is 11.0. The van der Waals surface area contributed by atoms with Crippen molar-refractivity contribution in [3.63, 3.8) is 0 Å². The zero-order valence-electron chi connectivity index (χ0n) is 10.3. The summed E-state index contributed by atoms with van der Waals surface area (Å²) in [7, 11) is 0. The molecule has 0 radical (unpaired) electrons. The van der Waals surface area contributed by atoms with Gasteiger partial charge < -0.3 is 9.47 Å². The number of hydrogen-bond acceptors (Lipinski definition) is 3. The van der Waals surface area contributed by atoms with Crippen LogP contribution >= 0.6 is 11.6 Å². The van der Waals surface area contributed by atoms with Gasteiger partial charge in [0.05, 0.1) is 6.61 Å². The van der Waals surface area contributed by atoms with E-state index in [-0.39, 0.29) is 11.8 Å². The van der Waals surface area contributed by atoms with E-state index < -0.39 is 0 Å². The minimum atomic E-state index is -0.386. The highest BCUT2D eigenvalue weighted by atomic mass is 35.5. The second-order valence-corrected chi connectivity index (χ2v) is 4.11. The Hall–Kier alpha value is -0.280. The Morgan fingerprint density at radius 3 is 2.62 bits per heavy atom. The molecule has 0 saturated carbocycles. The first-order chi connectivity index (χ1) is 7.74. The molecule has 0 N–H and O–H groups in total. The molecule has 0 aliphatic heterocycles. The van der Waals surface area contributed by atoms with Crippen LogP contribution in [0.2, 0.25) is 0 Å². The lowest BCUT2D eigenvalue weighted by Crippen LogP contribution is -2.15. The van der Waals surface area contributed by atoms with Crippen LogP contribution in [-0.2, 0) is 14.3 Å². The predicted octanol–water partition coefficient (Wildman–Crippen LogP) is 3.00. The molecule has 4 heteroatoms. The summed E-state index contributed by atoms with van der Waals surface area (Å²) in [4.78, 5) is 10.7. The van der Waals surface area contributed by atoms with E-state index in [1.165, 1.54) is 19.3 Å². The minimum absolute atomic E-state index is 0.0892. The van der Waals surface area contributed by atoms with E-state index in [0.717, 1.165) is 13.0 Å². The highest BCUT2D eigenvalue weighted by molar-refractivity contribution is 6.26. The first kappa shape index (κ1) is 15.7. The maximum absolute atomic E-state index is 10.7. The summed E-state index contributed by atoms with van der Waals surface area (Å²) in [6, 6.07) is 0. The van der Waals surface area contributed by atoms with Crippen molar-refractivity contribution >= 4 is 17.6 Å². The number of ether oxygens (including phenoxy) is 2. The Morgan fingerprint density at radius 1 is 1.31 bits per heavy atom. The lowest BCUT2D eigenvalue weighted by atomic mass is 10.0. The third kappa shape index (κ3) is 8.98. The summed E-state index contributed by atoms with van der Waals surface area (Å²) in [5.41, 5.74) is 0. The molecule has 0 fully saturated rings. The van der Waals surface area contributed by atoms with Crippen molar-refractivity contribution < 1.29 is 14.3 Å². The summed E-state index contributed by atoms with van der Waals surface area (Å²) in [6.07, 6.45) is 4.84. The van der Waals surface area contributed by atoms with Gasteiger partial charge >= 0.3 is 5.97 Å². The lowest BCUT2D eigenvalue weighted by molar-refractivity contribution is -0.142. The van der Waals surface area contributed by atoms with Crippen LogP contribution in [-0.4, -0.2) is 31.7 Å². The molecular weight excluding hydrogens is 228 g/mol. The number of hydrogen-bond donors (Lipinski definition) is 0. The maximum Gasteiger partial charge on any atom is 0.320 e. The largest absolute Gasteiger partial charge is 0.462 e. The fourth-order valence-corrected chi connectivity index (χ4v) is 1.48. The molecule has 0 bridgehead atoms. The molecule has 0 aliphatic rings. The second kappa shape index (κ2) is 11.2. The molecule has 96 valence electrons. The molecule has 1 unspecified atom stereocenters. The van der Waals surface area contributed by atoms with Crippen molar-refractivity contribution in [3.05, 3.63) is 0 Å². The first-order valence-corrected chi connectivity index (χ1v) is 6.57. The van der Waals surface area contributed by atoms with E-state index in [1.807, 2.05) is 0 Å². The molecule has 0 heterocycles. The van der Waals surface area contributed by atoms with Gasteiger partial charge in [-0.05, 0) is 12.3 Å². The van der Waals surface area contributed by atoms with Gasteiger partial charge in [0.15, 0.2) is 0 Å². The highest BCUT2D eigenvalue weighted by Gasteiger charge is 2.06. The van der Waals surface area contributed by atoms with Crippen LogP contribution in [0.3, 0.4) is 0 Å². The zero-order chi connectivity index (χ0) is 12.2. The van der Waals surface area contributed by atoms with E-state index in [9.17, 15) is 4.79 Å². The maximum atomic E-state index is 10.7. The molecule has 0 rings (SSSR count). The molecule has 0 aromatic rings. The van der Waals surface area contributed by atoms with Gasteiger partial charge in [-0.1, -0.05) is 33.1 Å². The van der Waals surface area contributed by atoms with Crippen molar-refractivity contribution in [1.29, 1.82) is 0 Å². The normalized spacial score (nSPS) is 12.4. The smallest absolute Gasteiger partial charge is 0.320 e. The molecule has 3 nitrogen and oxygen atoms in total. The molecule has 0 amide bonds. The molecular formula is C12H23ClO3. The van der Waals surface area contributed by atoms with Gasteiger partial charge in [0.25, 0.3) is 0 Å². The summed E-state index contributed by atoms with van der Waals surface area (Å²) >= 11 is 5.28. The van der Waals surface area contributed by atoms with Crippen molar-refractivity contribution in [2.24, 2.45) is 5.92 Å². The number of unbranched alkanes of at least 4 members (excludes halogenated alkanes) is 1. The summed E-state index contributed by atoms with van der Waals surface area (Å²) in [5, 5.41) is 0. The van der Waals surface area contributed by atoms with Gasteiger partial charge in [0.1, 0.15) is 12.5 Å². The number of rotatable bonds is 10. The van der Waals surface area contributed by atoms with Gasteiger partial charge in [-0.15, -0.1) is 11.6 Å². The van der Waals surface area contributed by atoms with Gasteiger partial charge in [-0.3, -0.25) is 4.79 Å². The molecule has 0 aromatic heterocycles. The Balaban J connectivity index is 3.37. The SMILES string of the molecule is CCCCC(CC)COCCOC(=O)CCl. The van der Waals surface area contributed by atoms with E-state index >= 15 is 0 Å². The quantitative estimate of drug-likeness (QED) is 0.340. The zero-order valence-corrected chi connectivity index (χ0v) is 11.1. The van der Waals surface area contributed by atoms with Gasteiger partial charge in [0.2, 0.25) is 0 Å². The Morgan fingerprint density at radius 2 is 2.06 bits per heavy atom. The first-order valence-electron chi connectivity index (χ1n) is 6.03. The molecule has 0 saturated heterocycles. The number of esters is 1. The van der Waals surface area contributed by atoms with Crippen molar-refractivity contribution in [1.82, 2.24) is 0 Å². The van der Waals surface area contributed by atoms with Crippen LogP contribution in [0.4, 0.5) is 0 Å². The fraction of sp³-hybridized carbons (Fsp3) is 0.917. The van der Waals surface area contributed by atoms with Crippen LogP contribution < -0.4 is 0 Å². The Bertz CT molecular complexity index is 174. The average Bonchev–Trinajstić information content (AvgIpc) is 2.32. The standard InChI is InChI=1S/C12H23ClO3/c1-3-5-6-11(4-2)10-15-7-8-16-12(14)9-13/h11H,3-10H2,1-2H3. The molecule has 0 spiro atoms. The van der Waals surface area contributed by atoms with Crippen molar-refractivity contribution in [3.8, 4) is 0 Å². The van der Waals surface area contributed by atoms with Crippen LogP contribution in [0.5, 0.6) is 0 Å². The van der Waals surface area contributed by atoms with Crippen LogP contribution in [0.25, 0.3) is 0 Å². The van der Waals surface area contributed by atoms with Crippen LogP contribution in [0, 0.1) is 5.92 Å². The summed E-state index contributed by atoms with van der Waals surface area (Å²) in [5.74, 6) is 0.153. The molecule has 0 aromatic carbocycles. The fourth-order valence-electron chi connectivity index (χ4n) is 1.40. The van der Waals surface area contributed by atoms with Gasteiger partial charge in [-0.2, -0.15) is 0 Å². The minimum Gasteiger partial charge on any atom is -0.462 e. The number of alkyl halides is 1. The van der Waals surface area contributed by atoms with Gasteiger partial charge in [-0.25, -0.2) is 0 Å². The van der Waals surface area contributed by atoms with E-state index in [1.54, 1.807) is 0 Å². The average molecular weight is 251 g/mol. The number of carbonyl (C=O) groups is 1. The van der Waals surface area contributed by atoms with E-state index in [0.29, 0.717) is 19.1 Å². The lowest BCUT2D eigenvalue weighted by Gasteiger charge is -2.14. The van der Waals surface area contributed by atoms with E-state index in [4.69, 9.17) is 21.1 Å². The second-order valence-electron chi connectivity index (χ2n) is 3.85. The van der Waals surface area contributed by atoms with E-state index in [2.05, 4.69) is 13.8 Å². The highest BCUT2D eigenvalue weighted by Crippen LogP contribution is 2.12. The van der Waals surface area contributed by atoms with Crippen molar-refractivity contribution in [2.45, 2.75) is 39.5 Å². The summed E-state index contributed by atoms with van der Waals surface area (Å²) in [6.45, 7) is 5.90. The third-order valence-electron chi connectivity index (χ3n) is 2.50. The molecule has 16 heavy (non-hydrogen) atoms. The number of halogens is 1. The topological polar surface area (TPSA) is 35.5 Å². The Labute approximate surface area is 103 Å². The van der Waals surface area contributed by atoms with Crippen LogP contribution in [0.1, 0.15) is 39.5 Å². The molecule has 1 atom stereocenters. The molecule has 0 aliphatic carbocycles. The van der Waals surface area contributed by atoms with Gasteiger partial charge in [0, 0.05) is 6.61 Å². The summed E-state index contributed by atoms with van der Waals surface area (Å²) < 4.78 is 10.3. The van der Waals surface area contributed by atoms with Crippen molar-refractivity contribution in [2.75, 3.05) is 25.7 Å². The number of carbonyl (C=O) groups excluding carboxylic acids is 1. The monoisotopic (exact) mass is 250 g/mol. The third-order valence-corrected chi connectivity index (χ3v) is 2.71.